The van der Waals surface area contributed by atoms with Gasteiger partial charge in [0.05, 0.1) is 18.8 Å². The Hall–Kier alpha value is -2.05. The van der Waals surface area contributed by atoms with Crippen LogP contribution in [0.1, 0.15) is 51.0 Å². The van der Waals surface area contributed by atoms with Gasteiger partial charge in [-0.3, -0.25) is 9.79 Å². The highest BCUT2D eigenvalue weighted by atomic mass is 16.5. The van der Waals surface area contributed by atoms with Gasteiger partial charge in [-0.2, -0.15) is 0 Å². The van der Waals surface area contributed by atoms with Crippen LogP contribution in [-0.4, -0.2) is 37.3 Å². The van der Waals surface area contributed by atoms with E-state index in [9.17, 15) is 4.79 Å². The van der Waals surface area contributed by atoms with Crippen molar-refractivity contribution in [1.29, 1.82) is 0 Å². The maximum absolute atomic E-state index is 11.2. The molecule has 0 bridgehead atoms. The standard InChI is InChI=1S/C15H26N4O3/c1-5-21-14(20)7-6-8-17-15(16-4)18-10-12-9-13(11(2)3)19-22-12/h9,11H,5-8,10H2,1-4H3,(H2,16,17,18). The van der Waals surface area contributed by atoms with E-state index in [1.54, 1.807) is 14.0 Å². The zero-order valence-corrected chi connectivity index (χ0v) is 13.8. The molecule has 1 aromatic heterocycles. The number of nitrogens with zero attached hydrogens (tertiary/aromatic N) is 2. The van der Waals surface area contributed by atoms with E-state index in [0.717, 1.165) is 11.5 Å². The highest BCUT2D eigenvalue weighted by Gasteiger charge is 2.08. The number of carbonyl (C=O) groups is 1. The molecule has 0 aromatic carbocycles. The Morgan fingerprint density at radius 3 is 2.82 bits per heavy atom. The highest BCUT2D eigenvalue weighted by Crippen LogP contribution is 2.13. The van der Waals surface area contributed by atoms with Gasteiger partial charge in [0.25, 0.3) is 0 Å². The molecule has 0 saturated carbocycles. The molecule has 7 heteroatoms. The van der Waals surface area contributed by atoms with Crippen molar-refractivity contribution < 1.29 is 14.1 Å². The molecule has 0 radical (unpaired) electrons. The van der Waals surface area contributed by atoms with E-state index in [1.165, 1.54) is 0 Å². The topological polar surface area (TPSA) is 88.8 Å². The van der Waals surface area contributed by atoms with E-state index < -0.39 is 0 Å². The summed E-state index contributed by atoms with van der Waals surface area (Å²) in [4.78, 5) is 15.3. The average Bonchev–Trinajstić information content (AvgIpc) is 2.96. The summed E-state index contributed by atoms with van der Waals surface area (Å²) in [5.41, 5.74) is 0.939. The Labute approximate surface area is 131 Å². The molecule has 124 valence electrons. The lowest BCUT2D eigenvalue weighted by Crippen LogP contribution is -2.37. The molecule has 0 aliphatic carbocycles. The second kappa shape index (κ2) is 9.81. The van der Waals surface area contributed by atoms with Crippen LogP contribution < -0.4 is 10.6 Å². The number of guanidine groups is 1. The summed E-state index contributed by atoms with van der Waals surface area (Å²) in [6, 6.07) is 1.94. The molecule has 0 spiro atoms. The number of aromatic nitrogens is 1. The maximum Gasteiger partial charge on any atom is 0.305 e. The quantitative estimate of drug-likeness (QED) is 0.329. The largest absolute Gasteiger partial charge is 0.466 e. The predicted molar refractivity (Wildman–Crippen MR) is 84.7 cm³/mol. The molecule has 0 atom stereocenters. The first-order chi connectivity index (χ1) is 10.6. The number of rotatable bonds is 8. The van der Waals surface area contributed by atoms with Crippen molar-refractivity contribution in [3.8, 4) is 0 Å². The van der Waals surface area contributed by atoms with Crippen LogP contribution in [-0.2, 0) is 16.1 Å². The number of aliphatic imine (C=N–C) groups is 1. The first kappa shape index (κ1) is 18.0. The lowest BCUT2D eigenvalue weighted by Gasteiger charge is -2.10. The molecule has 0 amide bonds. The molecular formula is C15H26N4O3. The van der Waals surface area contributed by atoms with E-state index in [-0.39, 0.29) is 5.97 Å². The fourth-order valence-electron chi connectivity index (χ4n) is 1.75. The molecule has 2 N–H and O–H groups in total. The Balaban J connectivity index is 2.26. The molecule has 0 saturated heterocycles. The third-order valence-electron chi connectivity index (χ3n) is 2.98. The van der Waals surface area contributed by atoms with Crippen molar-refractivity contribution in [2.24, 2.45) is 4.99 Å². The summed E-state index contributed by atoms with van der Waals surface area (Å²) in [5, 5.41) is 10.3. The Morgan fingerprint density at radius 1 is 1.45 bits per heavy atom. The second-order valence-corrected chi connectivity index (χ2v) is 5.13. The number of nitrogens with one attached hydrogen (secondary N) is 2. The molecule has 1 rings (SSSR count). The van der Waals surface area contributed by atoms with Gasteiger partial charge in [0, 0.05) is 26.1 Å². The van der Waals surface area contributed by atoms with Crippen molar-refractivity contribution in [2.75, 3.05) is 20.2 Å². The molecule has 22 heavy (non-hydrogen) atoms. The zero-order chi connectivity index (χ0) is 16.4. The lowest BCUT2D eigenvalue weighted by molar-refractivity contribution is -0.143. The first-order valence-electron chi connectivity index (χ1n) is 7.62. The molecule has 1 heterocycles. The molecule has 0 fully saturated rings. The minimum atomic E-state index is -0.171. The van der Waals surface area contributed by atoms with E-state index in [4.69, 9.17) is 9.26 Å². The van der Waals surface area contributed by atoms with Crippen molar-refractivity contribution in [1.82, 2.24) is 15.8 Å². The number of carbonyl (C=O) groups excluding carboxylic acids is 1. The number of hydrogen-bond donors (Lipinski definition) is 2. The van der Waals surface area contributed by atoms with Crippen LogP contribution in [0.15, 0.2) is 15.6 Å². The summed E-state index contributed by atoms with van der Waals surface area (Å²) in [5.74, 6) is 1.59. The van der Waals surface area contributed by atoms with E-state index in [0.29, 0.717) is 44.4 Å². The third-order valence-corrected chi connectivity index (χ3v) is 2.98. The van der Waals surface area contributed by atoms with Crippen molar-refractivity contribution in [3.63, 3.8) is 0 Å². The summed E-state index contributed by atoms with van der Waals surface area (Å²) in [6.07, 6.45) is 1.09. The van der Waals surface area contributed by atoms with Crippen LogP contribution in [0.4, 0.5) is 0 Å². The van der Waals surface area contributed by atoms with Crippen LogP contribution in [0.2, 0.25) is 0 Å². The zero-order valence-electron chi connectivity index (χ0n) is 13.8. The second-order valence-electron chi connectivity index (χ2n) is 5.13. The molecule has 1 aromatic rings. The van der Waals surface area contributed by atoms with Gasteiger partial charge >= 0.3 is 5.97 Å². The van der Waals surface area contributed by atoms with Gasteiger partial charge in [-0.15, -0.1) is 0 Å². The van der Waals surface area contributed by atoms with Gasteiger partial charge in [0.1, 0.15) is 0 Å². The van der Waals surface area contributed by atoms with E-state index in [1.807, 2.05) is 6.07 Å². The van der Waals surface area contributed by atoms with Crippen LogP contribution in [0.25, 0.3) is 0 Å². The fourth-order valence-corrected chi connectivity index (χ4v) is 1.75. The van der Waals surface area contributed by atoms with Crippen LogP contribution in [0, 0.1) is 0 Å². The maximum atomic E-state index is 11.2. The molecule has 0 unspecified atom stereocenters. The third kappa shape index (κ3) is 6.60. The van der Waals surface area contributed by atoms with Gasteiger partial charge in [-0.1, -0.05) is 19.0 Å². The Bertz CT molecular complexity index is 483. The number of hydrogen-bond acceptors (Lipinski definition) is 5. The summed E-state index contributed by atoms with van der Waals surface area (Å²) < 4.78 is 10.1. The van der Waals surface area contributed by atoms with Crippen molar-refractivity contribution in [3.05, 3.63) is 17.5 Å². The predicted octanol–water partition coefficient (Wildman–Crippen LogP) is 1.81. The highest BCUT2D eigenvalue weighted by molar-refractivity contribution is 5.79. The smallest absolute Gasteiger partial charge is 0.305 e. The van der Waals surface area contributed by atoms with Gasteiger partial charge in [-0.05, 0) is 19.3 Å². The Kier molecular flexibility index (Phi) is 8.03. The molecular weight excluding hydrogens is 284 g/mol. The Morgan fingerprint density at radius 2 is 2.23 bits per heavy atom. The van der Waals surface area contributed by atoms with E-state index >= 15 is 0 Å². The van der Waals surface area contributed by atoms with Crippen LogP contribution in [0.3, 0.4) is 0 Å². The van der Waals surface area contributed by atoms with Crippen molar-refractivity contribution >= 4 is 11.9 Å². The average molecular weight is 310 g/mol. The van der Waals surface area contributed by atoms with Gasteiger partial charge in [-0.25, -0.2) is 0 Å². The molecule has 0 aliphatic heterocycles. The minimum absolute atomic E-state index is 0.171. The molecule has 7 nitrogen and oxygen atoms in total. The fraction of sp³-hybridized carbons (Fsp3) is 0.667. The lowest BCUT2D eigenvalue weighted by atomic mass is 10.1. The van der Waals surface area contributed by atoms with Crippen molar-refractivity contribution in [2.45, 2.75) is 46.1 Å². The van der Waals surface area contributed by atoms with Gasteiger partial charge < -0.3 is 19.9 Å². The summed E-state index contributed by atoms with van der Waals surface area (Å²) in [6.45, 7) is 7.52. The first-order valence-corrected chi connectivity index (χ1v) is 7.62. The summed E-state index contributed by atoms with van der Waals surface area (Å²) >= 11 is 0. The van der Waals surface area contributed by atoms with Gasteiger partial charge in [0.2, 0.25) is 0 Å². The monoisotopic (exact) mass is 310 g/mol. The normalized spacial score (nSPS) is 11.6. The van der Waals surface area contributed by atoms with E-state index in [2.05, 4.69) is 34.6 Å². The SMILES string of the molecule is CCOC(=O)CCCNC(=NC)NCc1cc(C(C)C)no1. The minimum Gasteiger partial charge on any atom is -0.466 e. The van der Waals surface area contributed by atoms with Crippen LogP contribution in [0.5, 0.6) is 0 Å². The summed E-state index contributed by atoms with van der Waals surface area (Å²) in [7, 11) is 1.70. The number of esters is 1. The van der Waals surface area contributed by atoms with Gasteiger partial charge in [0.15, 0.2) is 11.7 Å². The number of ether oxygens (including phenoxy) is 1. The molecule has 0 aliphatic rings. The van der Waals surface area contributed by atoms with Crippen LogP contribution >= 0.6 is 0 Å².